The molecule has 0 spiro atoms. The van der Waals surface area contributed by atoms with Gasteiger partial charge in [-0.05, 0) is 7.05 Å². The molecule has 0 atom stereocenters. The minimum Gasteiger partial charge on any atom is -0.302 e. The molecule has 1 aliphatic rings. The van der Waals surface area contributed by atoms with Crippen molar-refractivity contribution < 1.29 is 0 Å². The predicted octanol–water partition coefficient (Wildman–Crippen LogP) is 1.57. The Morgan fingerprint density at radius 3 is 3.00 bits per heavy atom. The van der Waals surface area contributed by atoms with Gasteiger partial charge >= 0.3 is 0 Å². The average molecular weight is 223 g/mol. The predicted molar refractivity (Wildman–Crippen MR) is 59.1 cm³/mol. The molecule has 2 aromatic heterocycles. The van der Waals surface area contributed by atoms with Crippen molar-refractivity contribution >= 4 is 22.5 Å². The van der Waals surface area contributed by atoms with E-state index in [9.17, 15) is 0 Å². The molecule has 0 saturated carbocycles. The number of aromatic nitrogens is 3. The normalized spacial score (nSPS) is 18.3. The maximum atomic E-state index is 5.81. The summed E-state index contributed by atoms with van der Waals surface area (Å²) in [5.74, 6) is 0. The summed E-state index contributed by atoms with van der Waals surface area (Å²) < 4.78 is 2.02. The molecule has 15 heavy (non-hydrogen) atoms. The zero-order valence-electron chi connectivity index (χ0n) is 8.39. The van der Waals surface area contributed by atoms with Gasteiger partial charge in [0.15, 0.2) is 0 Å². The molecule has 4 nitrogen and oxygen atoms in total. The Morgan fingerprint density at radius 2 is 2.27 bits per heavy atom. The maximum absolute atomic E-state index is 5.81. The number of nitrogens with zero attached hydrogens (tertiary/aromatic N) is 4. The Balaban J connectivity index is 1.99. The molecule has 0 N–H and O–H groups in total. The quantitative estimate of drug-likeness (QED) is 0.687. The Morgan fingerprint density at radius 1 is 1.47 bits per heavy atom. The van der Waals surface area contributed by atoms with Crippen LogP contribution in [-0.4, -0.2) is 39.8 Å². The molecule has 1 fully saturated rings. The molecule has 2 aromatic rings. The third kappa shape index (κ3) is 1.50. The van der Waals surface area contributed by atoms with Crippen LogP contribution in [0.1, 0.15) is 6.04 Å². The Labute approximate surface area is 92.5 Å². The van der Waals surface area contributed by atoms with Crippen LogP contribution in [0.5, 0.6) is 0 Å². The van der Waals surface area contributed by atoms with Gasteiger partial charge in [-0.1, -0.05) is 11.6 Å². The lowest BCUT2D eigenvalue weighted by atomic mass is 10.1. The van der Waals surface area contributed by atoms with Gasteiger partial charge in [0.05, 0.1) is 11.6 Å². The van der Waals surface area contributed by atoms with Crippen LogP contribution < -0.4 is 0 Å². The van der Waals surface area contributed by atoms with Gasteiger partial charge in [-0.3, -0.25) is 4.68 Å². The Bertz CT molecular complexity index is 501. The van der Waals surface area contributed by atoms with Crippen LogP contribution in [0.25, 0.3) is 10.9 Å². The van der Waals surface area contributed by atoms with Crippen molar-refractivity contribution in [2.45, 2.75) is 6.04 Å². The molecule has 3 heterocycles. The topological polar surface area (TPSA) is 34.0 Å². The summed E-state index contributed by atoms with van der Waals surface area (Å²) in [6, 6.07) is 2.30. The van der Waals surface area contributed by atoms with E-state index in [1.807, 2.05) is 10.9 Å². The van der Waals surface area contributed by atoms with Crippen molar-refractivity contribution in [3.63, 3.8) is 0 Å². The second-order valence-corrected chi connectivity index (χ2v) is 4.44. The molecule has 5 heteroatoms. The van der Waals surface area contributed by atoms with Crippen molar-refractivity contribution in [3.05, 3.63) is 23.6 Å². The Kier molecular flexibility index (Phi) is 1.94. The first-order valence-electron chi connectivity index (χ1n) is 4.91. The van der Waals surface area contributed by atoms with E-state index in [4.69, 9.17) is 11.6 Å². The average Bonchev–Trinajstić information content (AvgIpc) is 2.55. The van der Waals surface area contributed by atoms with Gasteiger partial charge in [-0.2, -0.15) is 5.10 Å². The van der Waals surface area contributed by atoms with E-state index >= 15 is 0 Å². The highest BCUT2D eigenvalue weighted by Gasteiger charge is 2.25. The van der Waals surface area contributed by atoms with Crippen LogP contribution in [0.3, 0.4) is 0 Å². The number of hydrogen-bond acceptors (Lipinski definition) is 3. The van der Waals surface area contributed by atoms with Crippen LogP contribution in [0.4, 0.5) is 0 Å². The fourth-order valence-corrected chi connectivity index (χ4v) is 2.09. The third-order valence-corrected chi connectivity index (χ3v) is 3.00. The van der Waals surface area contributed by atoms with Gasteiger partial charge in [0.1, 0.15) is 5.15 Å². The lowest BCUT2D eigenvalue weighted by Crippen LogP contribution is -2.45. The van der Waals surface area contributed by atoms with E-state index in [0.29, 0.717) is 11.2 Å². The first-order chi connectivity index (χ1) is 7.22. The number of hydrogen-bond donors (Lipinski definition) is 0. The molecule has 1 aliphatic heterocycles. The van der Waals surface area contributed by atoms with Crippen LogP contribution >= 0.6 is 11.6 Å². The van der Waals surface area contributed by atoms with Crippen LogP contribution in [0.2, 0.25) is 5.15 Å². The van der Waals surface area contributed by atoms with E-state index in [2.05, 4.69) is 22.0 Å². The minimum atomic E-state index is 0.499. The zero-order valence-corrected chi connectivity index (χ0v) is 9.15. The van der Waals surface area contributed by atoms with Crippen molar-refractivity contribution in [2.75, 3.05) is 20.1 Å². The second-order valence-electron chi connectivity index (χ2n) is 4.05. The number of rotatable bonds is 1. The minimum absolute atomic E-state index is 0.499. The lowest BCUT2D eigenvalue weighted by Gasteiger charge is -2.36. The number of likely N-dealkylation sites (tertiary alicyclic amines) is 1. The van der Waals surface area contributed by atoms with Gasteiger partial charge in [0.25, 0.3) is 0 Å². The van der Waals surface area contributed by atoms with Crippen LogP contribution in [-0.2, 0) is 0 Å². The van der Waals surface area contributed by atoms with E-state index in [1.54, 1.807) is 12.3 Å². The van der Waals surface area contributed by atoms with Gasteiger partial charge < -0.3 is 4.90 Å². The summed E-state index contributed by atoms with van der Waals surface area (Å²) >= 11 is 5.81. The third-order valence-electron chi connectivity index (χ3n) is 2.79. The highest BCUT2D eigenvalue weighted by atomic mass is 35.5. The molecule has 3 rings (SSSR count). The number of likely N-dealkylation sites (N-methyl/N-ethyl adjacent to an activating group) is 1. The summed E-state index contributed by atoms with van der Waals surface area (Å²) in [5, 5.41) is 6.04. The summed E-state index contributed by atoms with van der Waals surface area (Å²) in [6.07, 6.45) is 3.81. The van der Waals surface area contributed by atoms with Crippen molar-refractivity contribution in [3.8, 4) is 0 Å². The SMILES string of the molecule is CN1CC(n2cc3cnc(Cl)cc3n2)C1. The standard InChI is InChI=1S/C10H11ClN4/c1-14-5-8(6-14)15-4-7-3-12-10(11)2-9(7)13-15/h2-4,8H,5-6H2,1H3. The van der Waals surface area contributed by atoms with E-state index in [-0.39, 0.29) is 0 Å². The van der Waals surface area contributed by atoms with Gasteiger partial charge in [0, 0.05) is 36.9 Å². The molecule has 0 unspecified atom stereocenters. The monoisotopic (exact) mass is 222 g/mol. The number of halogens is 1. The highest BCUT2D eigenvalue weighted by Crippen LogP contribution is 2.22. The molecule has 0 radical (unpaired) electrons. The van der Waals surface area contributed by atoms with Gasteiger partial charge in [-0.15, -0.1) is 0 Å². The second kappa shape index (κ2) is 3.18. The highest BCUT2D eigenvalue weighted by molar-refractivity contribution is 6.29. The summed E-state index contributed by atoms with van der Waals surface area (Å²) in [7, 11) is 2.11. The lowest BCUT2D eigenvalue weighted by molar-refractivity contribution is 0.131. The van der Waals surface area contributed by atoms with Crippen LogP contribution in [0.15, 0.2) is 18.5 Å². The largest absolute Gasteiger partial charge is 0.302 e. The molecule has 1 saturated heterocycles. The van der Waals surface area contributed by atoms with Crippen molar-refractivity contribution in [1.29, 1.82) is 0 Å². The first-order valence-corrected chi connectivity index (χ1v) is 5.29. The van der Waals surface area contributed by atoms with Crippen LogP contribution in [0, 0.1) is 0 Å². The van der Waals surface area contributed by atoms with Gasteiger partial charge in [-0.25, -0.2) is 4.98 Å². The zero-order chi connectivity index (χ0) is 10.4. The fourth-order valence-electron chi connectivity index (χ4n) is 1.93. The molecule has 0 aliphatic carbocycles. The molecular formula is C10H11ClN4. The smallest absolute Gasteiger partial charge is 0.131 e. The summed E-state index contributed by atoms with van der Waals surface area (Å²) in [6.45, 7) is 2.13. The van der Waals surface area contributed by atoms with E-state index in [0.717, 1.165) is 24.0 Å². The molecule has 78 valence electrons. The number of fused-ring (bicyclic) bond motifs is 1. The summed E-state index contributed by atoms with van der Waals surface area (Å²) in [4.78, 5) is 6.31. The van der Waals surface area contributed by atoms with Gasteiger partial charge in [0.2, 0.25) is 0 Å². The fraction of sp³-hybridized carbons (Fsp3) is 0.400. The summed E-state index contributed by atoms with van der Waals surface area (Å²) in [5.41, 5.74) is 0.921. The first kappa shape index (κ1) is 9.12. The molecule has 0 amide bonds. The van der Waals surface area contributed by atoms with Crippen molar-refractivity contribution in [2.24, 2.45) is 0 Å². The molecule has 0 bridgehead atoms. The van der Waals surface area contributed by atoms with Crippen molar-refractivity contribution in [1.82, 2.24) is 19.7 Å². The maximum Gasteiger partial charge on any atom is 0.131 e. The van der Waals surface area contributed by atoms with E-state index in [1.165, 1.54) is 0 Å². The molecular weight excluding hydrogens is 212 g/mol. The Hall–Kier alpha value is -1.13. The molecule has 0 aromatic carbocycles. The van der Waals surface area contributed by atoms with E-state index < -0.39 is 0 Å². The number of pyridine rings is 1.